The molecule has 0 aliphatic heterocycles. The number of rotatable bonds is 15. The van der Waals surface area contributed by atoms with Crippen molar-refractivity contribution >= 4 is 45.9 Å². The van der Waals surface area contributed by atoms with Gasteiger partial charge in [0.05, 0.1) is 30.7 Å². The van der Waals surface area contributed by atoms with Crippen LogP contribution in [0.5, 0.6) is 0 Å². The molecule has 0 bridgehead atoms. The molecule has 220 valence electrons. The summed E-state index contributed by atoms with van der Waals surface area (Å²) in [6.07, 6.45) is 5.28. The highest BCUT2D eigenvalue weighted by molar-refractivity contribution is 7.07. The molecule has 3 aromatic heterocycles. The van der Waals surface area contributed by atoms with E-state index in [2.05, 4.69) is 31.2 Å². The lowest BCUT2D eigenvalue weighted by Crippen LogP contribution is -2.44. The van der Waals surface area contributed by atoms with Crippen LogP contribution in [0.4, 0.5) is 5.82 Å². The molecule has 1 aromatic carbocycles. The predicted octanol–water partition coefficient (Wildman–Crippen LogP) is 2.87. The summed E-state index contributed by atoms with van der Waals surface area (Å²) < 4.78 is 13.5. The summed E-state index contributed by atoms with van der Waals surface area (Å²) in [5.74, 6) is 1.97. The average molecular weight is 613 g/mol. The number of thiazole rings is 1. The topological polar surface area (TPSA) is 165 Å². The lowest BCUT2D eigenvalue weighted by molar-refractivity contribution is -0.185. The molecule has 0 spiro atoms. The fourth-order valence-corrected chi connectivity index (χ4v) is 5.24. The zero-order chi connectivity index (χ0) is 29.7. The van der Waals surface area contributed by atoms with E-state index in [1.165, 1.54) is 27.7 Å². The van der Waals surface area contributed by atoms with Crippen LogP contribution in [0.15, 0.2) is 47.5 Å². The van der Waals surface area contributed by atoms with E-state index in [-0.39, 0.29) is 29.7 Å². The largest absolute Gasteiger partial charge is 0.479 e. The molecule has 42 heavy (non-hydrogen) atoms. The van der Waals surface area contributed by atoms with E-state index >= 15 is 0 Å². The Balaban J connectivity index is 1.41. The maximum absolute atomic E-state index is 12.7. The summed E-state index contributed by atoms with van der Waals surface area (Å²) in [6.45, 7) is -0.251. The molecule has 0 amide bonds. The van der Waals surface area contributed by atoms with Crippen LogP contribution < -0.4 is 5.32 Å². The van der Waals surface area contributed by atoms with Gasteiger partial charge in [-0.05, 0) is 35.9 Å². The van der Waals surface area contributed by atoms with Gasteiger partial charge in [0.2, 0.25) is 10.9 Å². The number of anilines is 1. The number of nitrogens with zero attached hydrogens (tertiary/aromatic N) is 5. The number of aliphatic carboxylic acids is 1. The maximum atomic E-state index is 12.7. The molecular weight excluding hydrogens is 584 g/mol. The van der Waals surface area contributed by atoms with Crippen molar-refractivity contribution in [2.24, 2.45) is 5.92 Å². The second kappa shape index (κ2) is 13.1. The molecule has 1 fully saturated rings. The summed E-state index contributed by atoms with van der Waals surface area (Å²) in [7, 11) is 0. The fourth-order valence-electron chi connectivity index (χ4n) is 4.46. The molecule has 4 aromatic rings. The Bertz CT molecular complexity index is 1540. The Kier molecular flexibility index (Phi) is 9.32. The number of benzene rings is 1. The van der Waals surface area contributed by atoms with Crippen LogP contribution in [-0.2, 0) is 26.3 Å². The number of terminal acetylenes is 1. The quantitative estimate of drug-likeness (QED) is 0.115. The van der Waals surface area contributed by atoms with E-state index in [1.807, 2.05) is 6.07 Å². The molecule has 4 atom stereocenters. The van der Waals surface area contributed by atoms with Crippen molar-refractivity contribution in [1.29, 1.82) is 0 Å². The first kappa shape index (κ1) is 29.8. The molecule has 1 aliphatic rings. The van der Waals surface area contributed by atoms with E-state index in [9.17, 15) is 20.1 Å². The summed E-state index contributed by atoms with van der Waals surface area (Å²) in [5.41, 5.74) is 1.21. The Morgan fingerprint density at radius 1 is 1.29 bits per heavy atom. The minimum atomic E-state index is -1.87. The van der Waals surface area contributed by atoms with Gasteiger partial charge in [-0.2, -0.15) is 9.97 Å². The number of hydrogen-bond donors (Lipinski definition) is 4. The van der Waals surface area contributed by atoms with Crippen molar-refractivity contribution in [3.8, 4) is 12.3 Å². The first-order valence-electron chi connectivity index (χ1n) is 13.2. The molecule has 3 heterocycles. The highest BCUT2D eigenvalue weighted by Gasteiger charge is 2.44. The molecule has 1 saturated carbocycles. The van der Waals surface area contributed by atoms with Crippen LogP contribution in [0.2, 0.25) is 5.28 Å². The molecular formula is C28H29ClN6O6S. The van der Waals surface area contributed by atoms with Crippen molar-refractivity contribution in [3.63, 3.8) is 0 Å². The summed E-state index contributed by atoms with van der Waals surface area (Å²) >= 11 is 7.45. The van der Waals surface area contributed by atoms with Gasteiger partial charge in [0.1, 0.15) is 6.10 Å². The number of carbonyl (C=O) groups is 1. The molecule has 1 aliphatic carbocycles. The van der Waals surface area contributed by atoms with Crippen LogP contribution >= 0.6 is 22.9 Å². The standard InChI is InChI=1S/C28H29ClN6O6S/c1-2-20(37)25(35-15-31-22-23(30-11-18-8-9-18)33-27(29)34-24(22)35)41-19(12-36)13-40-28(26(38)39,21-14-42-16-32-21)10-17-6-4-3-5-7-17/h1,3-7,14-16,18-20,25,36-37H,8-13H2,(H,38,39)(H,30,33,34)/t19-,20+,25+,28+/m0/s1. The Labute approximate surface area is 250 Å². The van der Waals surface area contributed by atoms with Crippen LogP contribution in [0.1, 0.15) is 30.3 Å². The van der Waals surface area contributed by atoms with Gasteiger partial charge in [-0.25, -0.2) is 14.8 Å². The number of imidazole rings is 1. The minimum Gasteiger partial charge on any atom is -0.479 e. The van der Waals surface area contributed by atoms with Gasteiger partial charge in [-0.3, -0.25) is 4.57 Å². The minimum absolute atomic E-state index is 0.0281. The number of aromatic nitrogens is 5. The Morgan fingerprint density at radius 2 is 2.07 bits per heavy atom. The monoisotopic (exact) mass is 612 g/mol. The van der Waals surface area contributed by atoms with Crippen LogP contribution in [0.25, 0.3) is 11.2 Å². The van der Waals surface area contributed by atoms with Gasteiger partial charge in [-0.15, -0.1) is 17.8 Å². The third-order valence-corrected chi connectivity index (χ3v) is 7.66. The first-order chi connectivity index (χ1) is 20.3. The van der Waals surface area contributed by atoms with Gasteiger partial charge >= 0.3 is 5.97 Å². The molecule has 0 unspecified atom stereocenters. The zero-order valence-corrected chi connectivity index (χ0v) is 23.9. The SMILES string of the molecule is C#C[C@@H](O)[C@@H](O[C@@H](CO)CO[C@@](Cc1ccccc1)(C(=O)O)c1cscn1)n1cnc2c(NCC3CC3)nc(Cl)nc21. The fraction of sp³-hybridized carbons (Fsp3) is 0.393. The Hall–Kier alpha value is -3.64. The first-order valence-corrected chi connectivity index (χ1v) is 14.5. The predicted molar refractivity (Wildman–Crippen MR) is 155 cm³/mol. The van der Waals surface area contributed by atoms with Crippen molar-refractivity contribution in [2.45, 2.75) is 43.3 Å². The number of nitrogens with one attached hydrogen (secondary N) is 1. The average Bonchev–Trinajstić information content (AvgIpc) is 3.46. The number of ether oxygens (including phenoxy) is 2. The molecule has 12 nitrogen and oxygen atoms in total. The summed E-state index contributed by atoms with van der Waals surface area (Å²) in [5, 5.41) is 36.2. The van der Waals surface area contributed by atoms with E-state index in [4.69, 9.17) is 27.5 Å². The molecule has 5 rings (SSSR count). The van der Waals surface area contributed by atoms with Crippen molar-refractivity contribution < 1.29 is 29.6 Å². The van der Waals surface area contributed by atoms with E-state index in [1.54, 1.807) is 29.6 Å². The number of hydrogen-bond acceptors (Lipinski definition) is 11. The second-order valence-corrected chi connectivity index (χ2v) is 11.0. The van der Waals surface area contributed by atoms with Crippen molar-refractivity contribution in [1.82, 2.24) is 24.5 Å². The normalized spacial score (nSPS) is 16.8. The highest BCUT2D eigenvalue weighted by atomic mass is 35.5. The van der Waals surface area contributed by atoms with Gasteiger partial charge in [-0.1, -0.05) is 36.3 Å². The Morgan fingerprint density at radius 3 is 2.71 bits per heavy atom. The third-order valence-electron chi connectivity index (χ3n) is 6.90. The molecule has 0 saturated heterocycles. The smallest absolute Gasteiger partial charge is 0.342 e. The van der Waals surface area contributed by atoms with Gasteiger partial charge in [0.25, 0.3) is 0 Å². The van der Waals surface area contributed by atoms with Gasteiger partial charge < -0.3 is 30.1 Å². The number of carboxylic acids is 1. The van der Waals surface area contributed by atoms with Crippen molar-refractivity contribution in [3.05, 3.63) is 64.1 Å². The number of carboxylic acid groups (broad SMARTS) is 1. The highest BCUT2D eigenvalue weighted by Crippen LogP contribution is 2.33. The lowest BCUT2D eigenvalue weighted by Gasteiger charge is -2.32. The number of aliphatic hydroxyl groups excluding tert-OH is 2. The summed E-state index contributed by atoms with van der Waals surface area (Å²) in [6, 6.07) is 9.00. The molecule has 0 radical (unpaired) electrons. The summed E-state index contributed by atoms with van der Waals surface area (Å²) in [4.78, 5) is 29.9. The van der Waals surface area contributed by atoms with Crippen LogP contribution in [-0.4, -0.2) is 77.8 Å². The van der Waals surface area contributed by atoms with Crippen LogP contribution in [0.3, 0.4) is 0 Å². The number of halogens is 1. The van der Waals surface area contributed by atoms with Gasteiger partial charge in [0, 0.05) is 18.3 Å². The van der Waals surface area contributed by atoms with Crippen molar-refractivity contribution in [2.75, 3.05) is 25.1 Å². The van der Waals surface area contributed by atoms with Crippen LogP contribution in [0, 0.1) is 18.3 Å². The number of fused-ring (bicyclic) bond motifs is 1. The maximum Gasteiger partial charge on any atom is 0.342 e. The van der Waals surface area contributed by atoms with Gasteiger partial charge in [0.15, 0.2) is 29.3 Å². The number of aliphatic hydroxyl groups is 2. The zero-order valence-electron chi connectivity index (χ0n) is 22.3. The molecule has 4 N–H and O–H groups in total. The lowest BCUT2D eigenvalue weighted by atomic mass is 9.91. The second-order valence-electron chi connectivity index (χ2n) is 9.91. The van der Waals surface area contributed by atoms with E-state index in [0.29, 0.717) is 29.4 Å². The van der Waals surface area contributed by atoms with E-state index in [0.717, 1.165) is 12.8 Å². The van der Waals surface area contributed by atoms with E-state index < -0.39 is 36.6 Å². The third kappa shape index (κ3) is 6.54. The molecule has 14 heteroatoms.